The van der Waals surface area contributed by atoms with E-state index in [0.29, 0.717) is 22.6 Å². The Hall–Kier alpha value is -5.57. The van der Waals surface area contributed by atoms with Crippen molar-refractivity contribution in [1.82, 2.24) is 25.1 Å². The molecule has 3 heterocycles. The summed E-state index contributed by atoms with van der Waals surface area (Å²) in [6.07, 6.45) is 0. The molecular formula is C27H29N7O8. The number of anilines is 1. The second-order valence-corrected chi connectivity index (χ2v) is 8.73. The summed E-state index contributed by atoms with van der Waals surface area (Å²) in [6.45, 7) is 1.92. The number of amides is 2. The van der Waals surface area contributed by atoms with Crippen molar-refractivity contribution < 1.29 is 38.9 Å². The minimum absolute atomic E-state index is 0. The second kappa shape index (κ2) is 13.2. The van der Waals surface area contributed by atoms with Crippen LogP contribution in [0, 0.1) is 0 Å². The Morgan fingerprint density at radius 1 is 1.19 bits per heavy atom. The van der Waals surface area contributed by atoms with Gasteiger partial charge in [-0.15, -0.1) is 0 Å². The predicted octanol–water partition coefficient (Wildman–Crippen LogP) is 1.92. The van der Waals surface area contributed by atoms with Gasteiger partial charge in [-0.05, 0) is 42.3 Å². The van der Waals surface area contributed by atoms with E-state index in [0.717, 1.165) is 16.1 Å². The zero-order valence-electron chi connectivity index (χ0n) is 21.8. The molecule has 1 aliphatic heterocycles. The molecule has 0 radical (unpaired) electrons. The fourth-order valence-corrected chi connectivity index (χ4v) is 3.69. The van der Waals surface area contributed by atoms with Crippen LogP contribution < -0.4 is 21.1 Å². The molecule has 0 unspecified atom stereocenters. The normalized spacial score (nSPS) is 12.3. The van der Waals surface area contributed by atoms with Gasteiger partial charge < -0.3 is 36.1 Å². The number of methoxy groups -OCH3 is 1. The van der Waals surface area contributed by atoms with Gasteiger partial charge in [0.1, 0.15) is 11.4 Å². The summed E-state index contributed by atoms with van der Waals surface area (Å²) >= 11 is 0. The Morgan fingerprint density at radius 2 is 1.90 bits per heavy atom. The number of hydrogen-bond donors (Lipinski definition) is 5. The van der Waals surface area contributed by atoms with Gasteiger partial charge in [-0.2, -0.15) is 4.52 Å². The van der Waals surface area contributed by atoms with Crippen molar-refractivity contribution in [2.24, 2.45) is 5.73 Å². The van der Waals surface area contributed by atoms with Crippen LogP contribution in [0.3, 0.4) is 0 Å². The third kappa shape index (κ3) is 6.95. The average molecular weight is 580 g/mol. The minimum Gasteiger partial charge on any atom is -0.489 e. The zero-order chi connectivity index (χ0) is 29.7. The highest BCUT2D eigenvalue weighted by Crippen LogP contribution is 2.28. The number of aromatic carboxylic acids is 1. The van der Waals surface area contributed by atoms with Crippen molar-refractivity contribution in [3.8, 4) is 11.6 Å². The topological polar surface area (TPSA) is 220 Å². The number of nitrogens with one attached hydrogen (secondary N) is 2. The third-order valence-electron chi connectivity index (χ3n) is 5.80. The number of carbonyl (C=O) groups excluding carboxylic acids is 3. The lowest BCUT2D eigenvalue weighted by atomic mass is 10.1. The van der Waals surface area contributed by atoms with Crippen LogP contribution in [-0.2, 0) is 16.1 Å². The summed E-state index contributed by atoms with van der Waals surface area (Å²) in [5.74, 6) is -2.70. The number of nitrogens with zero attached hydrogens (tertiary/aromatic N) is 4. The molecule has 5 rings (SSSR count). The summed E-state index contributed by atoms with van der Waals surface area (Å²) in [5, 5.41) is 31.0. The highest BCUT2D eigenvalue weighted by molar-refractivity contribution is 5.97. The third-order valence-corrected chi connectivity index (χ3v) is 5.80. The quantitative estimate of drug-likeness (QED) is 0.207. The van der Waals surface area contributed by atoms with Crippen LogP contribution in [0.5, 0.6) is 11.6 Å². The molecule has 2 amide bonds. The van der Waals surface area contributed by atoms with Gasteiger partial charge in [0.05, 0.1) is 18.4 Å². The molecule has 2 aromatic heterocycles. The van der Waals surface area contributed by atoms with E-state index in [1.165, 1.54) is 7.11 Å². The van der Waals surface area contributed by atoms with Gasteiger partial charge in [0.2, 0.25) is 5.65 Å². The van der Waals surface area contributed by atoms with Crippen molar-refractivity contribution in [2.45, 2.75) is 26.9 Å². The predicted molar refractivity (Wildman–Crippen MR) is 148 cm³/mol. The molecule has 0 saturated heterocycles. The van der Waals surface area contributed by atoms with Crippen molar-refractivity contribution >= 4 is 35.1 Å². The Morgan fingerprint density at radius 3 is 2.55 bits per heavy atom. The lowest BCUT2D eigenvalue weighted by molar-refractivity contribution is -0.118. The molecule has 15 nitrogen and oxygen atoms in total. The van der Waals surface area contributed by atoms with Crippen LogP contribution in [0.4, 0.5) is 5.69 Å². The first-order valence-electron chi connectivity index (χ1n) is 12.0. The van der Waals surface area contributed by atoms with Gasteiger partial charge in [0.25, 0.3) is 17.7 Å². The number of carbonyl (C=O) groups is 4. The summed E-state index contributed by atoms with van der Waals surface area (Å²) < 4.78 is 10.6. The number of ether oxygens (including phenoxy) is 2. The first-order valence-corrected chi connectivity index (χ1v) is 12.0. The van der Waals surface area contributed by atoms with E-state index < -0.39 is 17.8 Å². The van der Waals surface area contributed by atoms with Crippen LogP contribution in [0.2, 0.25) is 0 Å². The Balaban J connectivity index is 0.000000293. The monoisotopic (exact) mass is 579 g/mol. The molecule has 6 N–H and O–H groups in total. The number of esters is 1. The Bertz CT molecular complexity index is 1630. The van der Waals surface area contributed by atoms with E-state index in [2.05, 4.69) is 30.7 Å². The fourth-order valence-electron chi connectivity index (χ4n) is 3.69. The number of nitrogens with two attached hydrogens (primary N) is 1. The Labute approximate surface area is 239 Å². The maximum absolute atomic E-state index is 12.4. The number of aromatic hydroxyl groups is 1. The maximum atomic E-state index is 12.4. The van der Waals surface area contributed by atoms with E-state index in [4.69, 9.17) is 10.5 Å². The number of rotatable bonds is 6. The average Bonchev–Trinajstić information content (AvgIpc) is 3.35. The van der Waals surface area contributed by atoms with Gasteiger partial charge in [-0.1, -0.05) is 35.9 Å². The first-order chi connectivity index (χ1) is 19.6. The van der Waals surface area contributed by atoms with Crippen molar-refractivity contribution in [3.05, 3.63) is 76.6 Å². The molecule has 220 valence electrons. The van der Waals surface area contributed by atoms with Crippen molar-refractivity contribution in [1.29, 1.82) is 0 Å². The van der Waals surface area contributed by atoms with Gasteiger partial charge in [0.15, 0.2) is 12.3 Å². The number of benzene rings is 2. The van der Waals surface area contributed by atoms with Gasteiger partial charge in [-0.25, -0.2) is 14.6 Å². The summed E-state index contributed by atoms with van der Waals surface area (Å²) in [4.78, 5) is 50.1. The second-order valence-electron chi connectivity index (χ2n) is 8.73. The molecule has 1 aliphatic rings. The van der Waals surface area contributed by atoms with E-state index in [-0.39, 0.29) is 55.5 Å². The smallest absolute Gasteiger partial charge is 0.354 e. The Kier molecular flexibility index (Phi) is 9.72. The summed E-state index contributed by atoms with van der Waals surface area (Å²) in [6, 6.07) is 13.1. The molecular weight excluding hydrogens is 550 g/mol. The van der Waals surface area contributed by atoms with E-state index in [1.54, 1.807) is 30.3 Å². The van der Waals surface area contributed by atoms with E-state index in [1.807, 2.05) is 19.1 Å². The van der Waals surface area contributed by atoms with Gasteiger partial charge >= 0.3 is 11.9 Å². The summed E-state index contributed by atoms with van der Waals surface area (Å²) in [7, 11) is 1.36. The molecule has 42 heavy (non-hydrogen) atoms. The standard InChI is InChI=1S/C16H12N6O6.C10H13NO2.CH4/c23-12-6-28-11-2-1-7(3-8(11)18-12)5-17-14(24)9-4-10(16(26)27)22-13(19-9)15(25)20-21-22;1-7(11)8-3-5-9(6-4-8)10(12)13-2;/h1-4,25H,5-6H2,(H,17,24)(H,18,23)(H,26,27);3-7H,11H2,1-2H3;1H4/t;7-;/m.0./s1. The summed E-state index contributed by atoms with van der Waals surface area (Å²) in [5.41, 5.74) is 7.52. The van der Waals surface area contributed by atoms with Crippen LogP contribution >= 0.6 is 0 Å². The van der Waals surface area contributed by atoms with Gasteiger partial charge in [-0.3, -0.25) is 9.59 Å². The van der Waals surface area contributed by atoms with Crippen molar-refractivity contribution in [2.75, 3.05) is 19.0 Å². The molecule has 0 bridgehead atoms. The molecule has 15 heteroatoms. The number of aromatic nitrogens is 4. The molecule has 0 fully saturated rings. The largest absolute Gasteiger partial charge is 0.489 e. The van der Waals surface area contributed by atoms with Crippen LogP contribution in [0.25, 0.3) is 5.65 Å². The lowest BCUT2D eigenvalue weighted by Gasteiger charge is -2.18. The minimum atomic E-state index is -1.36. The molecule has 1 atom stereocenters. The lowest BCUT2D eigenvalue weighted by Crippen LogP contribution is -2.27. The molecule has 0 saturated carbocycles. The highest BCUT2D eigenvalue weighted by atomic mass is 16.5. The SMILES string of the molecule is C.COC(=O)c1ccc([C@H](C)N)cc1.O=C1COc2ccc(CNC(=O)c3cc(C(=O)O)n4nnc(O)c4n3)cc2N1. The van der Waals surface area contributed by atoms with Crippen molar-refractivity contribution in [3.63, 3.8) is 0 Å². The van der Waals surface area contributed by atoms with Crippen LogP contribution in [0.1, 0.15) is 62.9 Å². The number of hydrogen-bond acceptors (Lipinski definition) is 11. The highest BCUT2D eigenvalue weighted by Gasteiger charge is 2.21. The van der Waals surface area contributed by atoms with Crippen LogP contribution in [0.15, 0.2) is 48.5 Å². The molecule has 0 spiro atoms. The first kappa shape index (κ1) is 31.0. The number of carboxylic acid groups (broad SMARTS) is 1. The van der Waals surface area contributed by atoms with Crippen LogP contribution in [-0.4, -0.2) is 67.5 Å². The number of fused-ring (bicyclic) bond motifs is 2. The maximum Gasteiger partial charge on any atom is 0.354 e. The molecule has 0 aliphatic carbocycles. The van der Waals surface area contributed by atoms with Gasteiger partial charge in [0, 0.05) is 18.7 Å². The molecule has 2 aromatic carbocycles. The van der Waals surface area contributed by atoms with E-state index >= 15 is 0 Å². The molecule has 4 aromatic rings. The zero-order valence-corrected chi connectivity index (χ0v) is 21.8. The van der Waals surface area contributed by atoms with E-state index in [9.17, 15) is 29.4 Å². The fraction of sp³-hybridized carbons (Fsp3) is 0.222. The number of carboxylic acids is 1.